The summed E-state index contributed by atoms with van der Waals surface area (Å²) >= 11 is 3.42. The first-order valence-electron chi connectivity index (χ1n) is 14.6. The first-order valence-corrected chi connectivity index (χ1v) is 16.3. The molecular formula is C30H36N6O9S2. The SMILES string of the molecule is CCc1cc2c(cc1NC=C(C(=O)O)C(=O)O)SC1NCCN21.CCc1cc2c(cc1NC=C(C(=O)O)C(=O)O)SC1NCCN21.O. The lowest BCUT2D eigenvalue weighted by Gasteiger charge is -2.18. The molecule has 2 atom stereocenters. The van der Waals surface area contributed by atoms with Gasteiger partial charge in [-0.3, -0.25) is 10.6 Å². The lowest BCUT2D eigenvalue weighted by molar-refractivity contribution is -0.142. The van der Waals surface area contributed by atoms with Crippen LogP contribution in [0.3, 0.4) is 0 Å². The second kappa shape index (κ2) is 15.0. The van der Waals surface area contributed by atoms with Crippen LogP contribution in [0.15, 0.2) is 57.6 Å². The number of nitrogens with zero attached hydrogens (tertiary/aromatic N) is 2. The Bertz CT molecular complexity index is 1500. The fourth-order valence-corrected chi connectivity index (χ4v) is 8.00. The number of hydrogen-bond acceptors (Lipinski definition) is 12. The number of carbonyl (C=O) groups is 4. The van der Waals surface area contributed by atoms with Crippen molar-refractivity contribution in [1.82, 2.24) is 10.6 Å². The van der Waals surface area contributed by atoms with Crippen LogP contribution in [0.4, 0.5) is 22.7 Å². The smallest absolute Gasteiger partial charge is 0.344 e. The van der Waals surface area contributed by atoms with Gasteiger partial charge < -0.3 is 46.3 Å². The molecule has 15 nitrogen and oxygen atoms in total. The van der Waals surface area contributed by atoms with Crippen molar-refractivity contribution in [3.05, 3.63) is 58.9 Å². The molecule has 4 aliphatic rings. The summed E-state index contributed by atoms with van der Waals surface area (Å²) in [5, 5.41) is 48.1. The molecule has 2 unspecified atom stereocenters. The molecule has 0 bridgehead atoms. The number of carboxylic acid groups (broad SMARTS) is 4. The molecule has 0 spiro atoms. The normalized spacial score (nSPS) is 17.9. The van der Waals surface area contributed by atoms with Crippen molar-refractivity contribution in [2.45, 2.75) is 47.5 Å². The van der Waals surface area contributed by atoms with Crippen LogP contribution in [0.2, 0.25) is 0 Å². The quantitative estimate of drug-likeness (QED) is 0.101. The Morgan fingerprint density at radius 1 is 0.723 bits per heavy atom. The molecule has 4 heterocycles. The van der Waals surface area contributed by atoms with Gasteiger partial charge >= 0.3 is 23.9 Å². The van der Waals surface area contributed by atoms with E-state index in [1.54, 1.807) is 23.5 Å². The highest BCUT2D eigenvalue weighted by atomic mass is 32.2. The van der Waals surface area contributed by atoms with Gasteiger partial charge in [-0.25, -0.2) is 19.2 Å². The number of nitrogens with one attached hydrogen (secondary N) is 4. The van der Waals surface area contributed by atoms with Crippen molar-refractivity contribution in [3.63, 3.8) is 0 Å². The number of anilines is 4. The summed E-state index contributed by atoms with van der Waals surface area (Å²) in [6.45, 7) is 7.86. The van der Waals surface area contributed by atoms with Gasteiger partial charge in [0.1, 0.15) is 11.0 Å². The molecule has 2 aromatic carbocycles. The molecule has 0 saturated carbocycles. The molecule has 0 aliphatic carbocycles. The van der Waals surface area contributed by atoms with Crippen LogP contribution in [0.1, 0.15) is 25.0 Å². The maximum absolute atomic E-state index is 10.9. The van der Waals surface area contributed by atoms with E-state index < -0.39 is 35.0 Å². The maximum atomic E-state index is 10.9. The molecule has 0 amide bonds. The Labute approximate surface area is 278 Å². The lowest BCUT2D eigenvalue weighted by Crippen LogP contribution is -2.28. The van der Waals surface area contributed by atoms with Crippen LogP contribution in [0, 0.1) is 0 Å². The van der Waals surface area contributed by atoms with Gasteiger partial charge in [-0.05, 0) is 48.2 Å². The number of fused-ring (bicyclic) bond motifs is 6. The third kappa shape index (κ3) is 7.44. The van der Waals surface area contributed by atoms with Crippen LogP contribution in [0.25, 0.3) is 0 Å². The van der Waals surface area contributed by atoms with E-state index in [4.69, 9.17) is 20.4 Å². The van der Waals surface area contributed by atoms with E-state index in [9.17, 15) is 19.2 Å². The minimum Gasteiger partial charge on any atom is -0.477 e. The molecule has 252 valence electrons. The van der Waals surface area contributed by atoms with Gasteiger partial charge in [-0.15, -0.1) is 0 Å². The molecule has 2 saturated heterocycles. The Hall–Kier alpha value is -4.42. The fourth-order valence-electron chi connectivity index (χ4n) is 5.46. The van der Waals surface area contributed by atoms with Gasteiger partial charge in [0.15, 0.2) is 11.1 Å². The zero-order valence-electron chi connectivity index (χ0n) is 25.5. The first-order chi connectivity index (χ1) is 22.0. The average Bonchev–Trinajstić information content (AvgIpc) is 3.78. The summed E-state index contributed by atoms with van der Waals surface area (Å²) in [6, 6.07) is 8.09. The highest BCUT2D eigenvalue weighted by Crippen LogP contribution is 2.47. The topological polar surface area (TPSA) is 235 Å². The summed E-state index contributed by atoms with van der Waals surface area (Å²) in [4.78, 5) is 50.5. The van der Waals surface area contributed by atoms with Gasteiger partial charge in [0.25, 0.3) is 0 Å². The van der Waals surface area contributed by atoms with Crippen molar-refractivity contribution in [2.24, 2.45) is 0 Å². The van der Waals surface area contributed by atoms with Crippen LogP contribution < -0.4 is 31.1 Å². The van der Waals surface area contributed by atoms with Crippen LogP contribution >= 0.6 is 23.5 Å². The molecule has 10 N–H and O–H groups in total. The van der Waals surface area contributed by atoms with E-state index in [-0.39, 0.29) is 16.5 Å². The molecule has 0 radical (unpaired) electrons. The summed E-state index contributed by atoms with van der Waals surface area (Å²) in [5.41, 5.74) is 4.96. The molecule has 2 aromatic rings. The number of aryl methyl sites for hydroxylation is 2. The maximum Gasteiger partial charge on any atom is 0.344 e. The van der Waals surface area contributed by atoms with Crippen molar-refractivity contribution < 1.29 is 45.1 Å². The molecule has 2 fully saturated rings. The lowest BCUT2D eigenvalue weighted by atomic mass is 10.1. The Balaban J connectivity index is 0.000000208. The summed E-state index contributed by atoms with van der Waals surface area (Å²) in [7, 11) is 0. The monoisotopic (exact) mass is 688 g/mol. The van der Waals surface area contributed by atoms with E-state index in [1.807, 2.05) is 26.0 Å². The van der Waals surface area contributed by atoms with Crippen molar-refractivity contribution in [1.29, 1.82) is 0 Å². The standard InChI is InChI=1S/2C15H17N3O4S.H2O/c2*1-2-8-5-11-12(23-15-16-3-4-18(11)15)6-10(8)17-7-9(13(19)20)14(21)22;/h2*5-7,15-17H,2-4H2,1H3,(H,19,20)(H,21,22);1H2. The van der Waals surface area contributed by atoms with Crippen molar-refractivity contribution >= 4 is 70.2 Å². The molecular weight excluding hydrogens is 652 g/mol. The van der Waals surface area contributed by atoms with E-state index >= 15 is 0 Å². The Kier molecular flexibility index (Phi) is 11.3. The highest BCUT2D eigenvalue weighted by molar-refractivity contribution is 8.00. The largest absolute Gasteiger partial charge is 0.477 e. The summed E-state index contributed by atoms with van der Waals surface area (Å²) in [6.07, 6.45) is 3.58. The minimum atomic E-state index is -1.47. The number of hydrogen-bond donors (Lipinski definition) is 8. The predicted octanol–water partition coefficient (Wildman–Crippen LogP) is 2.20. The van der Waals surface area contributed by atoms with Crippen LogP contribution in [0.5, 0.6) is 0 Å². The fraction of sp³-hybridized carbons (Fsp3) is 0.333. The second-order valence-electron chi connectivity index (χ2n) is 10.5. The third-order valence-corrected chi connectivity index (χ3v) is 10.3. The second-order valence-corrected chi connectivity index (χ2v) is 12.8. The van der Waals surface area contributed by atoms with Gasteiger partial charge in [0.2, 0.25) is 0 Å². The molecule has 4 aliphatic heterocycles. The van der Waals surface area contributed by atoms with E-state index in [1.165, 1.54) is 11.4 Å². The van der Waals surface area contributed by atoms with Gasteiger partial charge in [0.05, 0.1) is 11.4 Å². The van der Waals surface area contributed by atoms with E-state index in [0.29, 0.717) is 0 Å². The number of carboxylic acids is 4. The molecule has 0 aromatic heterocycles. The van der Waals surface area contributed by atoms with Crippen molar-refractivity contribution in [3.8, 4) is 0 Å². The number of thioether (sulfide) groups is 2. The zero-order chi connectivity index (χ0) is 33.1. The number of aliphatic carboxylic acids is 4. The molecule has 17 heteroatoms. The Morgan fingerprint density at radius 2 is 1.09 bits per heavy atom. The molecule has 6 rings (SSSR count). The summed E-state index contributed by atoms with van der Waals surface area (Å²) < 4.78 is 0. The predicted molar refractivity (Wildman–Crippen MR) is 179 cm³/mol. The Morgan fingerprint density at radius 3 is 1.40 bits per heavy atom. The van der Waals surface area contributed by atoms with E-state index in [2.05, 4.69) is 43.2 Å². The van der Waals surface area contributed by atoms with Gasteiger partial charge in [-0.2, -0.15) is 0 Å². The van der Waals surface area contributed by atoms with E-state index in [0.717, 1.165) is 83.7 Å². The first kappa shape index (κ1) is 35.4. The van der Waals surface area contributed by atoms with Crippen molar-refractivity contribution in [2.75, 3.05) is 46.6 Å². The van der Waals surface area contributed by atoms with Crippen LogP contribution in [-0.2, 0) is 32.0 Å². The average molecular weight is 689 g/mol. The number of benzene rings is 2. The minimum absolute atomic E-state index is 0. The van der Waals surface area contributed by atoms with Gasteiger partial charge in [0, 0.05) is 59.7 Å². The molecule has 47 heavy (non-hydrogen) atoms. The van der Waals surface area contributed by atoms with Gasteiger partial charge in [-0.1, -0.05) is 37.4 Å². The van der Waals surface area contributed by atoms with Crippen LogP contribution in [-0.4, -0.2) is 87.0 Å². The third-order valence-electron chi connectivity index (χ3n) is 7.80. The highest BCUT2D eigenvalue weighted by Gasteiger charge is 2.35. The summed E-state index contributed by atoms with van der Waals surface area (Å²) in [5.74, 6) is -5.88. The number of rotatable bonds is 10. The zero-order valence-corrected chi connectivity index (χ0v) is 27.1.